The fourth-order valence-corrected chi connectivity index (χ4v) is 3.31. The molecule has 1 aromatic carbocycles. The molecule has 2 rings (SSSR count). The first kappa shape index (κ1) is 13.7. The maximum absolute atomic E-state index is 12.1. The number of aromatic carboxylic acids is 1. The average molecular weight is 292 g/mol. The third-order valence-corrected chi connectivity index (χ3v) is 4.89. The number of benzene rings is 1. The zero-order valence-corrected chi connectivity index (χ0v) is 10.4. The van der Waals surface area contributed by atoms with Crippen LogP contribution in [0.2, 0.25) is 0 Å². The van der Waals surface area contributed by atoms with Crippen LogP contribution in [0.3, 0.4) is 0 Å². The lowest BCUT2D eigenvalue weighted by molar-refractivity contribution is -0.0500. The Morgan fingerprint density at radius 2 is 1.95 bits per heavy atom. The number of hydrogen-bond acceptors (Lipinski definition) is 4. The van der Waals surface area contributed by atoms with Crippen molar-refractivity contribution in [1.29, 1.82) is 0 Å². The Bertz CT molecular complexity index is 608. The van der Waals surface area contributed by atoms with Gasteiger partial charge in [-0.2, -0.15) is 8.78 Å². The number of sulfone groups is 1. The minimum atomic E-state index is -3.67. The highest BCUT2D eigenvalue weighted by Gasteiger charge is 2.37. The molecule has 0 amide bonds. The summed E-state index contributed by atoms with van der Waals surface area (Å²) in [5, 5.41) is 8.29. The maximum Gasteiger partial charge on any atom is 0.387 e. The minimum absolute atomic E-state index is 0.300. The molecule has 0 atom stereocenters. The minimum Gasteiger partial charge on any atom is -0.478 e. The van der Waals surface area contributed by atoms with E-state index in [2.05, 4.69) is 4.74 Å². The number of hydrogen-bond donors (Lipinski definition) is 1. The molecule has 0 aromatic heterocycles. The Balaban J connectivity index is 2.48. The quantitative estimate of drug-likeness (QED) is 0.896. The van der Waals surface area contributed by atoms with Crippen LogP contribution >= 0.6 is 0 Å². The van der Waals surface area contributed by atoms with Gasteiger partial charge in [-0.25, -0.2) is 13.2 Å². The average Bonchev–Trinajstić information content (AvgIpc) is 3.11. The van der Waals surface area contributed by atoms with Crippen LogP contribution in [0.4, 0.5) is 8.78 Å². The lowest BCUT2D eigenvalue weighted by Crippen LogP contribution is -2.10. The molecule has 0 spiro atoms. The van der Waals surface area contributed by atoms with Crippen LogP contribution in [0, 0.1) is 0 Å². The molecule has 19 heavy (non-hydrogen) atoms. The first-order valence-electron chi connectivity index (χ1n) is 5.38. The molecule has 1 aliphatic carbocycles. The summed E-state index contributed by atoms with van der Waals surface area (Å²) in [5.41, 5.74) is -0.405. The van der Waals surface area contributed by atoms with Crippen molar-refractivity contribution in [2.45, 2.75) is 29.6 Å². The maximum atomic E-state index is 12.1. The van der Waals surface area contributed by atoms with Crippen LogP contribution in [0.5, 0.6) is 5.75 Å². The molecule has 5 nitrogen and oxygen atoms in total. The van der Waals surface area contributed by atoms with Crippen LogP contribution in [0.15, 0.2) is 23.1 Å². The summed E-state index contributed by atoms with van der Waals surface area (Å²) in [5.74, 6) is -1.89. The van der Waals surface area contributed by atoms with Crippen LogP contribution in [0.1, 0.15) is 23.2 Å². The summed E-state index contributed by atoms with van der Waals surface area (Å²) in [6.45, 7) is -3.15. The van der Waals surface area contributed by atoms with Crippen LogP contribution < -0.4 is 4.74 Å². The van der Waals surface area contributed by atoms with E-state index in [1.54, 1.807) is 0 Å². The van der Waals surface area contributed by atoms with Crippen molar-refractivity contribution < 1.29 is 31.8 Å². The van der Waals surface area contributed by atoms with E-state index in [4.69, 9.17) is 5.11 Å². The Morgan fingerprint density at radius 1 is 1.32 bits per heavy atom. The highest BCUT2D eigenvalue weighted by atomic mass is 32.2. The van der Waals surface area contributed by atoms with Gasteiger partial charge < -0.3 is 9.84 Å². The van der Waals surface area contributed by atoms with Crippen molar-refractivity contribution in [3.8, 4) is 5.75 Å². The summed E-state index contributed by atoms with van der Waals surface area (Å²) >= 11 is 0. The molecule has 0 heterocycles. The number of carbonyl (C=O) groups is 1. The lowest BCUT2D eigenvalue weighted by atomic mass is 10.2. The highest BCUT2D eigenvalue weighted by Crippen LogP contribution is 2.35. The van der Waals surface area contributed by atoms with E-state index in [9.17, 15) is 22.0 Å². The summed E-state index contributed by atoms with van der Waals surface area (Å²) in [6.07, 6.45) is 0.981. The van der Waals surface area contributed by atoms with E-state index in [0.29, 0.717) is 12.8 Å². The Kier molecular flexibility index (Phi) is 3.44. The molecule has 1 fully saturated rings. The third-order valence-electron chi connectivity index (χ3n) is 2.64. The first-order valence-corrected chi connectivity index (χ1v) is 6.92. The normalized spacial score (nSPS) is 15.5. The zero-order chi connectivity index (χ0) is 14.2. The number of alkyl halides is 2. The van der Waals surface area contributed by atoms with Crippen molar-refractivity contribution in [2.75, 3.05) is 0 Å². The van der Waals surface area contributed by atoms with Crippen molar-refractivity contribution in [3.05, 3.63) is 23.8 Å². The molecule has 0 saturated heterocycles. The topological polar surface area (TPSA) is 80.7 Å². The SMILES string of the molecule is O=C(O)c1cc(OC(F)F)cc(S(=O)(=O)C2CC2)c1. The zero-order valence-electron chi connectivity index (χ0n) is 9.55. The van der Waals surface area contributed by atoms with Gasteiger partial charge in [0.15, 0.2) is 9.84 Å². The second-order valence-electron chi connectivity index (χ2n) is 4.12. The van der Waals surface area contributed by atoms with Crippen LogP contribution in [-0.4, -0.2) is 31.4 Å². The van der Waals surface area contributed by atoms with Gasteiger partial charge in [0.25, 0.3) is 0 Å². The first-order chi connectivity index (χ1) is 8.80. The fourth-order valence-electron chi connectivity index (χ4n) is 1.60. The number of rotatable bonds is 5. The number of carboxylic acids is 1. The molecular weight excluding hydrogens is 282 g/mol. The number of halogens is 2. The van der Waals surface area contributed by atoms with E-state index in [0.717, 1.165) is 18.2 Å². The van der Waals surface area contributed by atoms with E-state index in [1.165, 1.54) is 0 Å². The largest absolute Gasteiger partial charge is 0.478 e. The predicted octanol–water partition coefficient (Wildman–Crippen LogP) is 1.92. The van der Waals surface area contributed by atoms with Crippen LogP contribution in [0.25, 0.3) is 0 Å². The highest BCUT2D eigenvalue weighted by molar-refractivity contribution is 7.92. The van der Waals surface area contributed by atoms with E-state index < -0.39 is 39.0 Å². The van der Waals surface area contributed by atoms with Crippen molar-refractivity contribution >= 4 is 15.8 Å². The van der Waals surface area contributed by atoms with Gasteiger partial charge in [0.05, 0.1) is 15.7 Å². The molecule has 0 unspecified atom stereocenters. The molecule has 0 aliphatic heterocycles. The smallest absolute Gasteiger partial charge is 0.387 e. The van der Waals surface area contributed by atoms with Crippen molar-refractivity contribution in [1.82, 2.24) is 0 Å². The van der Waals surface area contributed by atoms with E-state index in [1.807, 2.05) is 0 Å². The van der Waals surface area contributed by atoms with Gasteiger partial charge in [0.2, 0.25) is 0 Å². The monoisotopic (exact) mass is 292 g/mol. The van der Waals surface area contributed by atoms with Gasteiger partial charge in [-0.05, 0) is 31.0 Å². The van der Waals surface area contributed by atoms with Gasteiger partial charge in [0.1, 0.15) is 5.75 Å². The molecular formula is C11H10F2O5S. The van der Waals surface area contributed by atoms with Gasteiger partial charge in [-0.1, -0.05) is 0 Å². The molecule has 1 saturated carbocycles. The third kappa shape index (κ3) is 3.01. The van der Waals surface area contributed by atoms with Gasteiger partial charge >= 0.3 is 12.6 Å². The molecule has 104 valence electrons. The van der Waals surface area contributed by atoms with Gasteiger partial charge in [-0.3, -0.25) is 0 Å². The predicted molar refractivity (Wildman–Crippen MR) is 60.2 cm³/mol. The summed E-state index contributed by atoms with van der Waals surface area (Å²) in [4.78, 5) is 10.6. The van der Waals surface area contributed by atoms with Gasteiger partial charge in [-0.15, -0.1) is 0 Å². The molecule has 1 aliphatic rings. The molecule has 1 N–H and O–H groups in total. The van der Waals surface area contributed by atoms with E-state index >= 15 is 0 Å². The lowest BCUT2D eigenvalue weighted by Gasteiger charge is -2.09. The Labute approximate surface area is 107 Å². The van der Waals surface area contributed by atoms with Gasteiger partial charge in [0, 0.05) is 0 Å². The van der Waals surface area contributed by atoms with E-state index in [-0.39, 0.29) is 4.90 Å². The molecule has 0 radical (unpaired) electrons. The molecule has 1 aromatic rings. The second kappa shape index (κ2) is 4.76. The Hall–Kier alpha value is -1.70. The number of ether oxygens (including phenoxy) is 1. The summed E-state index contributed by atoms with van der Waals surface area (Å²) < 4.78 is 52.3. The second-order valence-corrected chi connectivity index (χ2v) is 6.35. The standard InChI is InChI=1S/C11H10F2O5S/c12-11(13)18-7-3-6(10(14)15)4-9(5-7)19(16,17)8-1-2-8/h3-5,8,11H,1-2H2,(H,14,15). The summed E-state index contributed by atoms with van der Waals surface area (Å²) in [6, 6.07) is 2.74. The van der Waals surface area contributed by atoms with Crippen molar-refractivity contribution in [2.24, 2.45) is 0 Å². The molecule has 8 heteroatoms. The van der Waals surface area contributed by atoms with Crippen LogP contribution in [-0.2, 0) is 9.84 Å². The Morgan fingerprint density at radius 3 is 2.42 bits per heavy atom. The van der Waals surface area contributed by atoms with Crippen molar-refractivity contribution in [3.63, 3.8) is 0 Å². The molecule has 0 bridgehead atoms. The summed E-state index contributed by atoms with van der Waals surface area (Å²) in [7, 11) is -3.67. The number of carboxylic acid groups (broad SMARTS) is 1. The fraction of sp³-hybridized carbons (Fsp3) is 0.364.